The van der Waals surface area contributed by atoms with Crippen LogP contribution < -0.4 is 25.6 Å². The number of benzene rings is 1. The number of nitrogens with zero attached hydrogens (tertiary/aromatic N) is 2. The van der Waals surface area contributed by atoms with Crippen molar-refractivity contribution in [3.8, 4) is 5.75 Å². The molecule has 232 valence electrons. The van der Waals surface area contributed by atoms with Gasteiger partial charge in [0.15, 0.2) is 10.9 Å². The highest BCUT2D eigenvalue weighted by molar-refractivity contribution is 7.15. The number of allylic oxidation sites excluding steroid dienone is 1. The van der Waals surface area contributed by atoms with Crippen LogP contribution in [0, 0.1) is 0 Å². The van der Waals surface area contributed by atoms with Gasteiger partial charge in [-0.25, -0.2) is 4.98 Å². The van der Waals surface area contributed by atoms with Crippen LogP contribution in [-0.4, -0.2) is 80.0 Å². The van der Waals surface area contributed by atoms with Gasteiger partial charge in [0.05, 0.1) is 26.2 Å². The smallest absolute Gasteiger partial charge is 0.243 e. The van der Waals surface area contributed by atoms with Crippen molar-refractivity contribution in [2.75, 3.05) is 32.7 Å². The Bertz CT molecular complexity index is 1350. The van der Waals surface area contributed by atoms with Gasteiger partial charge in [0.1, 0.15) is 23.4 Å². The molecular weight excluding hydrogens is 570 g/mol. The molecule has 1 saturated heterocycles. The highest BCUT2D eigenvalue weighted by atomic mass is 32.1. The summed E-state index contributed by atoms with van der Waals surface area (Å²) in [5.74, 6) is -0.842. The van der Waals surface area contributed by atoms with Gasteiger partial charge >= 0.3 is 0 Å². The number of rotatable bonds is 15. The fourth-order valence-corrected chi connectivity index (χ4v) is 5.72. The van der Waals surface area contributed by atoms with E-state index >= 15 is 0 Å². The lowest BCUT2D eigenvalue weighted by Gasteiger charge is -2.25. The molecule has 0 unspecified atom stereocenters. The maximum Gasteiger partial charge on any atom is 0.243 e. The summed E-state index contributed by atoms with van der Waals surface area (Å²) >= 11 is 1.40. The third kappa shape index (κ3) is 8.87. The van der Waals surface area contributed by atoms with Gasteiger partial charge in [-0.3, -0.25) is 19.2 Å². The van der Waals surface area contributed by atoms with E-state index in [1.807, 2.05) is 31.1 Å². The Balaban J connectivity index is 1.45. The van der Waals surface area contributed by atoms with Crippen molar-refractivity contribution in [2.45, 2.75) is 76.1 Å². The van der Waals surface area contributed by atoms with E-state index in [2.05, 4.69) is 27.0 Å². The van der Waals surface area contributed by atoms with E-state index in [1.54, 1.807) is 39.3 Å². The van der Waals surface area contributed by atoms with E-state index < -0.39 is 35.5 Å². The molecule has 0 spiro atoms. The molecule has 2 heterocycles. The van der Waals surface area contributed by atoms with Crippen LogP contribution in [0.2, 0.25) is 0 Å². The first-order chi connectivity index (χ1) is 20.5. The predicted octanol–water partition coefficient (Wildman–Crippen LogP) is 2.34. The summed E-state index contributed by atoms with van der Waals surface area (Å²) in [7, 11) is 5.31. The van der Waals surface area contributed by atoms with Crippen LogP contribution in [0.15, 0.2) is 42.1 Å². The number of nitrogens with one attached hydrogen (secondary N) is 3. The minimum Gasteiger partial charge on any atom is -0.497 e. The Labute approximate surface area is 256 Å². The summed E-state index contributed by atoms with van der Waals surface area (Å²) in [6, 6.07) is 4.52. The van der Waals surface area contributed by atoms with Gasteiger partial charge in [0.2, 0.25) is 17.7 Å². The summed E-state index contributed by atoms with van der Waals surface area (Å²) in [5, 5.41) is 9.22. The van der Waals surface area contributed by atoms with E-state index in [1.165, 1.54) is 11.3 Å². The predicted molar refractivity (Wildman–Crippen MR) is 164 cm³/mol. The van der Waals surface area contributed by atoms with Crippen LogP contribution in [0.1, 0.15) is 50.0 Å². The number of epoxide rings is 1. The first-order valence-corrected chi connectivity index (χ1v) is 15.3. The molecule has 1 aromatic carbocycles. The van der Waals surface area contributed by atoms with E-state index in [4.69, 9.17) is 9.47 Å². The highest BCUT2D eigenvalue weighted by Gasteiger charge is 2.50. The van der Waals surface area contributed by atoms with Crippen LogP contribution >= 0.6 is 11.3 Å². The van der Waals surface area contributed by atoms with Crippen LogP contribution in [0.4, 0.5) is 5.13 Å². The zero-order valence-corrected chi connectivity index (χ0v) is 26.2. The molecular formula is C31H41N5O6S. The number of hydrogen-bond acceptors (Lipinski definition) is 9. The highest BCUT2D eigenvalue weighted by Crippen LogP contribution is 2.31. The zero-order valence-electron chi connectivity index (χ0n) is 25.4. The third-order valence-electron chi connectivity index (χ3n) is 7.59. The molecule has 1 aromatic heterocycles. The Morgan fingerprint density at radius 2 is 1.77 bits per heavy atom. The molecule has 43 heavy (non-hydrogen) atoms. The van der Waals surface area contributed by atoms with Crippen molar-refractivity contribution < 1.29 is 28.7 Å². The number of aromatic nitrogens is 1. The Morgan fingerprint density at radius 1 is 1.07 bits per heavy atom. The summed E-state index contributed by atoms with van der Waals surface area (Å²) in [6.07, 6.45) is 7.30. The van der Waals surface area contributed by atoms with Crippen molar-refractivity contribution in [3.05, 3.63) is 52.6 Å². The summed E-state index contributed by atoms with van der Waals surface area (Å²) in [5.41, 5.74) is 1.02. The van der Waals surface area contributed by atoms with E-state index in [-0.39, 0.29) is 24.5 Å². The lowest BCUT2D eigenvalue weighted by Crippen LogP contribution is -2.56. The molecule has 2 aromatic rings. The minimum absolute atomic E-state index is 0.0827. The number of ketones is 1. The monoisotopic (exact) mass is 611 g/mol. The van der Waals surface area contributed by atoms with E-state index in [9.17, 15) is 19.2 Å². The number of carbonyl (C=O) groups excluding carboxylic acids is 4. The maximum atomic E-state index is 13.7. The first kappa shape index (κ1) is 32.2. The van der Waals surface area contributed by atoms with Crippen molar-refractivity contribution in [2.24, 2.45) is 0 Å². The molecule has 11 nitrogen and oxygen atoms in total. The number of Topliss-reactive ketones (excluding diaryl/α,β-unsaturated/α-hetero) is 1. The van der Waals surface area contributed by atoms with E-state index in [0.717, 1.165) is 40.4 Å². The third-order valence-corrected chi connectivity index (χ3v) is 8.76. The molecule has 1 aliphatic heterocycles. The minimum atomic E-state index is -0.995. The maximum absolute atomic E-state index is 13.7. The number of ether oxygens (including phenoxy) is 2. The Hall–Kier alpha value is -3.77. The van der Waals surface area contributed by atoms with Crippen molar-refractivity contribution >= 4 is 40.0 Å². The van der Waals surface area contributed by atoms with Crippen molar-refractivity contribution in [1.29, 1.82) is 0 Å². The van der Waals surface area contributed by atoms with Crippen LogP contribution in [0.3, 0.4) is 0 Å². The average Bonchev–Trinajstić information content (AvgIpc) is 3.32. The lowest BCUT2D eigenvalue weighted by atomic mass is 9.94. The van der Waals surface area contributed by atoms with Gasteiger partial charge < -0.3 is 30.3 Å². The number of amides is 3. The SMILES string of the molecule is COc1ccc(C[C@H](NC(=O)[C@H](C)NC(=O)Cc2cnc(N(C)C)s2)C(=O)N[C@@H](CC2=CCCC2)C(=O)[C@@]2(C)CO2)cc1. The molecule has 1 aliphatic carbocycles. The molecule has 0 saturated carbocycles. The second kappa shape index (κ2) is 14.1. The van der Waals surface area contributed by atoms with Gasteiger partial charge in [-0.2, -0.15) is 0 Å². The molecule has 0 radical (unpaired) electrons. The van der Waals surface area contributed by atoms with Gasteiger partial charge in [-0.1, -0.05) is 23.8 Å². The fraction of sp³-hybridized carbons (Fsp3) is 0.516. The molecule has 1 fully saturated rings. The van der Waals surface area contributed by atoms with Crippen molar-refractivity contribution in [1.82, 2.24) is 20.9 Å². The molecule has 0 bridgehead atoms. The number of thiazole rings is 1. The average molecular weight is 612 g/mol. The van der Waals surface area contributed by atoms with Gasteiger partial charge in [0.25, 0.3) is 0 Å². The van der Waals surface area contributed by atoms with Crippen LogP contribution in [-0.2, 0) is 36.8 Å². The van der Waals surface area contributed by atoms with Gasteiger partial charge in [0, 0.05) is 31.6 Å². The normalized spacial score (nSPS) is 19.4. The number of hydrogen-bond donors (Lipinski definition) is 3. The second-order valence-electron chi connectivity index (χ2n) is 11.5. The molecule has 3 N–H and O–H groups in total. The summed E-state index contributed by atoms with van der Waals surface area (Å²) in [4.78, 5) is 59.9. The molecule has 4 atom stereocenters. The second-order valence-corrected chi connectivity index (χ2v) is 12.6. The standard InChI is InChI=1S/C31H41N5O6S/c1-19(33-26(37)16-23-17-32-30(43-23)36(3)4)28(39)35-25(15-21-10-12-22(41-5)13-11-21)29(40)34-24(14-20-8-6-7-9-20)27(38)31(2)18-42-31/h8,10-13,17,19,24-25H,6-7,9,14-16,18H2,1-5H3,(H,33,37)(H,34,40)(H,35,39)/t19-,24-,25-,31+/m0/s1. The largest absolute Gasteiger partial charge is 0.497 e. The van der Waals surface area contributed by atoms with Gasteiger partial charge in [-0.05, 0) is 57.2 Å². The molecule has 2 aliphatic rings. The number of methoxy groups -OCH3 is 1. The van der Waals surface area contributed by atoms with Crippen LogP contribution in [0.25, 0.3) is 0 Å². The quantitative estimate of drug-likeness (QED) is 0.206. The van der Waals surface area contributed by atoms with Crippen molar-refractivity contribution in [3.63, 3.8) is 0 Å². The molecule has 4 rings (SSSR count). The molecule has 3 amide bonds. The van der Waals surface area contributed by atoms with Crippen LogP contribution in [0.5, 0.6) is 5.75 Å². The zero-order chi connectivity index (χ0) is 31.1. The summed E-state index contributed by atoms with van der Waals surface area (Å²) < 4.78 is 10.6. The van der Waals surface area contributed by atoms with Gasteiger partial charge in [-0.15, -0.1) is 11.3 Å². The van der Waals surface area contributed by atoms with E-state index in [0.29, 0.717) is 18.8 Å². The Kier molecular flexibility index (Phi) is 10.6. The molecule has 12 heteroatoms. The number of anilines is 1. The lowest BCUT2D eigenvalue weighted by molar-refractivity contribution is -0.134. The summed E-state index contributed by atoms with van der Waals surface area (Å²) in [6.45, 7) is 3.61. The topological polar surface area (TPSA) is 142 Å². The number of carbonyl (C=O) groups is 4. The first-order valence-electron chi connectivity index (χ1n) is 14.5. The Morgan fingerprint density at radius 3 is 2.35 bits per heavy atom. The fourth-order valence-electron chi connectivity index (χ4n) is 4.89.